The lowest BCUT2D eigenvalue weighted by atomic mass is 9.95. The van der Waals surface area contributed by atoms with E-state index in [4.69, 9.17) is 9.15 Å². The van der Waals surface area contributed by atoms with Crippen molar-refractivity contribution in [2.24, 2.45) is 0 Å². The molecule has 0 unspecified atom stereocenters. The summed E-state index contributed by atoms with van der Waals surface area (Å²) < 4.78 is 12.8. The molecule has 0 aliphatic carbocycles. The van der Waals surface area contributed by atoms with E-state index in [1.165, 1.54) is 5.56 Å². The lowest BCUT2D eigenvalue weighted by Gasteiger charge is -2.13. The number of aromatic nitrogens is 4. The van der Waals surface area contributed by atoms with Gasteiger partial charge >= 0.3 is 5.63 Å². The van der Waals surface area contributed by atoms with Gasteiger partial charge in [-0.25, -0.2) is 4.79 Å². The summed E-state index contributed by atoms with van der Waals surface area (Å²) in [5.74, 6) is 1.72. The van der Waals surface area contributed by atoms with E-state index in [2.05, 4.69) is 42.0 Å². The average Bonchev–Trinajstić information content (AvgIpc) is 3.18. The van der Waals surface area contributed by atoms with Crippen LogP contribution < -0.4 is 5.63 Å². The number of rotatable bonds is 8. The Balaban J connectivity index is 1.70. The van der Waals surface area contributed by atoms with Crippen LogP contribution in [0.1, 0.15) is 36.5 Å². The molecule has 1 aromatic carbocycles. The Labute approximate surface area is 190 Å². The molecule has 8 heteroatoms. The summed E-state index contributed by atoms with van der Waals surface area (Å²) in [6.07, 6.45) is 3.47. The molecule has 0 saturated heterocycles. The zero-order chi connectivity index (χ0) is 22.7. The smallest absolute Gasteiger partial charge is 0.336 e. The monoisotopic (exact) mass is 450 g/mol. The van der Waals surface area contributed by atoms with Gasteiger partial charge in [-0.05, 0) is 53.8 Å². The summed E-state index contributed by atoms with van der Waals surface area (Å²) in [7, 11) is 1.67. The number of aryl methyl sites for hydroxylation is 1. The van der Waals surface area contributed by atoms with Gasteiger partial charge in [0.2, 0.25) is 0 Å². The molecular weight excluding hydrogens is 424 g/mol. The van der Waals surface area contributed by atoms with E-state index in [1.54, 1.807) is 37.3 Å². The molecule has 166 valence electrons. The van der Waals surface area contributed by atoms with Gasteiger partial charge in [-0.1, -0.05) is 25.6 Å². The molecule has 4 aromatic rings. The first kappa shape index (κ1) is 22.2. The molecule has 0 spiro atoms. The quantitative estimate of drug-likeness (QED) is 0.281. The fourth-order valence-electron chi connectivity index (χ4n) is 3.77. The molecule has 0 radical (unpaired) electrons. The van der Waals surface area contributed by atoms with Gasteiger partial charge in [-0.15, -0.1) is 10.2 Å². The summed E-state index contributed by atoms with van der Waals surface area (Å²) in [6.45, 7) is 7.55. The molecule has 4 rings (SSSR count). The summed E-state index contributed by atoms with van der Waals surface area (Å²) in [6, 6.07) is 9.50. The molecule has 7 nitrogen and oxygen atoms in total. The van der Waals surface area contributed by atoms with Crippen LogP contribution in [0.3, 0.4) is 0 Å². The number of hydrogen-bond donors (Lipinski definition) is 0. The molecule has 32 heavy (non-hydrogen) atoms. The molecule has 3 aromatic heterocycles. The van der Waals surface area contributed by atoms with Gasteiger partial charge in [0.15, 0.2) is 11.0 Å². The molecule has 0 aliphatic heterocycles. The highest BCUT2D eigenvalue weighted by Gasteiger charge is 2.16. The van der Waals surface area contributed by atoms with Crippen molar-refractivity contribution in [3.05, 3.63) is 69.8 Å². The standard InChI is InChI=1S/C24H26N4O3S/c1-15(2)19-13-20-18(12-22(29)31-21(20)11-16(19)3)14-32-24-27-26-23(28(24)9-10-30-4)17-5-7-25-8-6-17/h5-8,11-13,15H,9-10,14H2,1-4H3. The zero-order valence-corrected chi connectivity index (χ0v) is 19.5. The molecule has 0 bridgehead atoms. The molecule has 0 fully saturated rings. The number of hydrogen-bond acceptors (Lipinski definition) is 7. The number of fused-ring (bicyclic) bond motifs is 1. The van der Waals surface area contributed by atoms with Crippen LogP contribution >= 0.6 is 11.8 Å². The molecule has 3 heterocycles. The first-order valence-electron chi connectivity index (χ1n) is 10.5. The summed E-state index contributed by atoms with van der Waals surface area (Å²) in [5, 5.41) is 10.6. The van der Waals surface area contributed by atoms with E-state index in [0.29, 0.717) is 30.4 Å². The maximum absolute atomic E-state index is 12.2. The van der Waals surface area contributed by atoms with E-state index in [1.807, 2.05) is 22.8 Å². The van der Waals surface area contributed by atoms with Gasteiger partial charge in [0, 0.05) is 42.3 Å². The molecule has 0 N–H and O–H groups in total. The fraction of sp³-hybridized carbons (Fsp3) is 0.333. The number of nitrogens with zero attached hydrogens (tertiary/aromatic N) is 4. The highest BCUT2D eigenvalue weighted by molar-refractivity contribution is 7.98. The van der Waals surface area contributed by atoms with Gasteiger partial charge in [0.25, 0.3) is 0 Å². The van der Waals surface area contributed by atoms with Crippen LogP contribution in [0.4, 0.5) is 0 Å². The predicted octanol–water partition coefficient (Wildman–Crippen LogP) is 4.82. The highest BCUT2D eigenvalue weighted by atomic mass is 32.2. The van der Waals surface area contributed by atoms with Crippen molar-refractivity contribution in [1.82, 2.24) is 19.7 Å². The lowest BCUT2D eigenvalue weighted by Crippen LogP contribution is -2.08. The Morgan fingerprint density at radius 3 is 2.66 bits per heavy atom. The Hall–Kier alpha value is -2.97. The third kappa shape index (κ3) is 4.61. The Morgan fingerprint density at radius 1 is 1.16 bits per heavy atom. The Morgan fingerprint density at radius 2 is 1.94 bits per heavy atom. The van der Waals surface area contributed by atoms with Crippen molar-refractivity contribution in [2.75, 3.05) is 13.7 Å². The minimum absolute atomic E-state index is 0.344. The second kappa shape index (κ2) is 9.67. The highest BCUT2D eigenvalue weighted by Crippen LogP contribution is 2.31. The van der Waals surface area contributed by atoms with Crippen LogP contribution in [-0.4, -0.2) is 33.5 Å². The Bertz CT molecular complexity index is 1280. The van der Waals surface area contributed by atoms with E-state index in [-0.39, 0.29) is 5.63 Å². The average molecular weight is 451 g/mol. The molecule has 0 aliphatic rings. The molecule has 0 atom stereocenters. The largest absolute Gasteiger partial charge is 0.423 e. The minimum atomic E-state index is -0.344. The van der Waals surface area contributed by atoms with Gasteiger partial charge < -0.3 is 9.15 Å². The van der Waals surface area contributed by atoms with Crippen molar-refractivity contribution in [3.8, 4) is 11.4 Å². The lowest BCUT2D eigenvalue weighted by molar-refractivity contribution is 0.185. The Kier molecular flexibility index (Phi) is 6.72. The van der Waals surface area contributed by atoms with Crippen molar-refractivity contribution in [3.63, 3.8) is 0 Å². The minimum Gasteiger partial charge on any atom is -0.423 e. The van der Waals surface area contributed by atoms with Gasteiger partial charge in [0.05, 0.1) is 13.2 Å². The molecule has 0 amide bonds. The number of benzene rings is 1. The number of ether oxygens (including phenoxy) is 1. The predicted molar refractivity (Wildman–Crippen MR) is 126 cm³/mol. The van der Waals surface area contributed by atoms with E-state index >= 15 is 0 Å². The number of thioether (sulfide) groups is 1. The van der Waals surface area contributed by atoms with E-state index < -0.39 is 0 Å². The third-order valence-corrected chi connectivity index (χ3v) is 6.39. The van der Waals surface area contributed by atoms with Crippen LogP contribution in [0.25, 0.3) is 22.4 Å². The number of pyridine rings is 1. The van der Waals surface area contributed by atoms with Gasteiger partial charge in [0.1, 0.15) is 5.58 Å². The maximum atomic E-state index is 12.2. The maximum Gasteiger partial charge on any atom is 0.336 e. The van der Waals surface area contributed by atoms with Crippen molar-refractivity contribution in [2.45, 2.75) is 44.1 Å². The SMILES string of the molecule is COCCn1c(SCc2cc(=O)oc3cc(C)c(C(C)C)cc23)nnc1-c1ccncc1. The first-order valence-corrected chi connectivity index (χ1v) is 11.5. The second-order valence-electron chi connectivity index (χ2n) is 7.93. The summed E-state index contributed by atoms with van der Waals surface area (Å²) in [5.41, 5.74) is 4.52. The van der Waals surface area contributed by atoms with Crippen molar-refractivity contribution < 1.29 is 9.15 Å². The summed E-state index contributed by atoms with van der Waals surface area (Å²) >= 11 is 1.55. The van der Waals surface area contributed by atoms with Crippen molar-refractivity contribution in [1.29, 1.82) is 0 Å². The van der Waals surface area contributed by atoms with E-state index in [9.17, 15) is 4.79 Å². The normalized spacial score (nSPS) is 11.5. The first-order chi connectivity index (χ1) is 15.5. The van der Waals surface area contributed by atoms with Gasteiger partial charge in [-0.2, -0.15) is 0 Å². The molecule has 0 saturated carbocycles. The van der Waals surface area contributed by atoms with Crippen molar-refractivity contribution >= 4 is 22.7 Å². The summed E-state index contributed by atoms with van der Waals surface area (Å²) in [4.78, 5) is 16.3. The fourth-order valence-corrected chi connectivity index (χ4v) is 4.72. The van der Waals surface area contributed by atoms with Crippen LogP contribution in [0.15, 0.2) is 57.1 Å². The van der Waals surface area contributed by atoms with Gasteiger partial charge in [-0.3, -0.25) is 9.55 Å². The third-order valence-electron chi connectivity index (χ3n) is 5.37. The molecular formula is C24H26N4O3S. The zero-order valence-electron chi connectivity index (χ0n) is 18.7. The van der Waals surface area contributed by atoms with Crippen LogP contribution in [-0.2, 0) is 17.0 Å². The van der Waals surface area contributed by atoms with E-state index in [0.717, 1.165) is 33.1 Å². The second-order valence-corrected chi connectivity index (χ2v) is 8.87. The van der Waals surface area contributed by atoms with Crippen LogP contribution in [0.5, 0.6) is 0 Å². The van der Waals surface area contributed by atoms with Crippen LogP contribution in [0.2, 0.25) is 0 Å². The number of methoxy groups -OCH3 is 1. The topological polar surface area (TPSA) is 83.0 Å². The van der Waals surface area contributed by atoms with Crippen LogP contribution in [0, 0.1) is 6.92 Å².